The summed E-state index contributed by atoms with van der Waals surface area (Å²) < 4.78 is 5.43. The standard InChI is InChI=1S/C12H23NO4/c1-8(2)7-9(10(14)15)13-11-12(3,16)5-4-6-17-11/h8-9,11,13,16H,4-7H2,1-3H3,(H,14,15). The van der Waals surface area contributed by atoms with Gasteiger partial charge in [-0.05, 0) is 32.1 Å². The summed E-state index contributed by atoms with van der Waals surface area (Å²) in [6, 6.07) is -0.676. The third-order valence-corrected chi connectivity index (χ3v) is 3.03. The summed E-state index contributed by atoms with van der Waals surface area (Å²) in [5, 5.41) is 22.1. The Morgan fingerprint density at radius 1 is 1.59 bits per heavy atom. The van der Waals surface area contributed by atoms with Gasteiger partial charge in [0.15, 0.2) is 0 Å². The minimum Gasteiger partial charge on any atom is -0.480 e. The predicted octanol–water partition coefficient (Wildman–Crippen LogP) is 0.963. The topological polar surface area (TPSA) is 78.8 Å². The molecule has 0 spiro atoms. The molecule has 0 aliphatic carbocycles. The molecule has 5 heteroatoms. The van der Waals surface area contributed by atoms with E-state index in [0.29, 0.717) is 19.4 Å². The predicted molar refractivity (Wildman–Crippen MR) is 63.6 cm³/mol. The summed E-state index contributed by atoms with van der Waals surface area (Å²) in [5.74, 6) is -0.624. The first-order valence-electron chi connectivity index (χ1n) is 6.16. The summed E-state index contributed by atoms with van der Waals surface area (Å²) in [6.07, 6.45) is 1.34. The Kier molecular flexibility index (Phi) is 4.91. The molecular formula is C12H23NO4. The molecule has 1 saturated heterocycles. The molecule has 3 N–H and O–H groups in total. The van der Waals surface area contributed by atoms with Crippen molar-refractivity contribution in [3.05, 3.63) is 0 Å². The number of carboxylic acids is 1. The smallest absolute Gasteiger partial charge is 0.320 e. The lowest BCUT2D eigenvalue weighted by Gasteiger charge is -2.38. The SMILES string of the molecule is CC(C)CC(NC1OCCCC1(C)O)C(=O)O. The number of carbonyl (C=O) groups is 1. The highest BCUT2D eigenvalue weighted by molar-refractivity contribution is 5.73. The minimum absolute atomic E-state index is 0.275. The summed E-state index contributed by atoms with van der Waals surface area (Å²) in [5.41, 5.74) is -0.997. The number of hydrogen-bond acceptors (Lipinski definition) is 4. The molecule has 1 heterocycles. The molecule has 0 aromatic heterocycles. The summed E-state index contributed by atoms with van der Waals surface area (Å²) in [4.78, 5) is 11.1. The number of ether oxygens (including phenoxy) is 1. The first kappa shape index (κ1) is 14.4. The van der Waals surface area contributed by atoms with Gasteiger partial charge in [-0.15, -0.1) is 0 Å². The van der Waals surface area contributed by atoms with Crippen molar-refractivity contribution in [1.82, 2.24) is 5.32 Å². The fraction of sp³-hybridized carbons (Fsp3) is 0.917. The van der Waals surface area contributed by atoms with Gasteiger partial charge >= 0.3 is 5.97 Å². The molecule has 3 atom stereocenters. The van der Waals surface area contributed by atoms with E-state index in [1.807, 2.05) is 13.8 Å². The molecular weight excluding hydrogens is 222 g/mol. The van der Waals surface area contributed by atoms with Crippen LogP contribution in [0, 0.1) is 5.92 Å². The van der Waals surface area contributed by atoms with Crippen LogP contribution in [-0.4, -0.2) is 40.7 Å². The fourth-order valence-corrected chi connectivity index (χ4v) is 2.06. The molecule has 1 rings (SSSR count). The van der Waals surface area contributed by atoms with E-state index in [2.05, 4.69) is 5.32 Å². The fourth-order valence-electron chi connectivity index (χ4n) is 2.06. The van der Waals surface area contributed by atoms with Gasteiger partial charge in [-0.1, -0.05) is 13.8 Å². The number of aliphatic carboxylic acids is 1. The maximum atomic E-state index is 11.1. The van der Waals surface area contributed by atoms with Gasteiger partial charge in [-0.2, -0.15) is 0 Å². The maximum Gasteiger partial charge on any atom is 0.320 e. The Labute approximate surface area is 102 Å². The van der Waals surface area contributed by atoms with Gasteiger partial charge in [0, 0.05) is 6.61 Å². The Bertz CT molecular complexity index is 265. The first-order valence-corrected chi connectivity index (χ1v) is 6.16. The van der Waals surface area contributed by atoms with Crippen LogP contribution in [-0.2, 0) is 9.53 Å². The van der Waals surface area contributed by atoms with Crippen LogP contribution >= 0.6 is 0 Å². The van der Waals surface area contributed by atoms with Crippen molar-refractivity contribution in [3.8, 4) is 0 Å². The van der Waals surface area contributed by atoms with Crippen LogP contribution in [0.15, 0.2) is 0 Å². The van der Waals surface area contributed by atoms with Crippen LogP contribution in [0.2, 0.25) is 0 Å². The highest BCUT2D eigenvalue weighted by atomic mass is 16.5. The third-order valence-electron chi connectivity index (χ3n) is 3.03. The van der Waals surface area contributed by atoms with Gasteiger partial charge in [0.1, 0.15) is 17.9 Å². The number of rotatable bonds is 5. The van der Waals surface area contributed by atoms with E-state index in [1.54, 1.807) is 6.92 Å². The van der Waals surface area contributed by atoms with Crippen molar-refractivity contribution in [1.29, 1.82) is 0 Å². The molecule has 0 radical (unpaired) electrons. The Hall–Kier alpha value is -0.650. The Morgan fingerprint density at radius 2 is 2.24 bits per heavy atom. The van der Waals surface area contributed by atoms with Gasteiger partial charge < -0.3 is 14.9 Å². The number of nitrogens with one attached hydrogen (secondary N) is 1. The lowest BCUT2D eigenvalue weighted by molar-refractivity contribution is -0.161. The maximum absolute atomic E-state index is 11.1. The van der Waals surface area contributed by atoms with Crippen LogP contribution in [0.25, 0.3) is 0 Å². The van der Waals surface area contributed by atoms with Gasteiger partial charge in [-0.25, -0.2) is 0 Å². The van der Waals surface area contributed by atoms with Gasteiger partial charge in [0.2, 0.25) is 0 Å². The largest absolute Gasteiger partial charge is 0.480 e. The van der Waals surface area contributed by atoms with Crippen LogP contribution in [0.1, 0.15) is 40.0 Å². The molecule has 0 aromatic rings. The van der Waals surface area contributed by atoms with E-state index in [0.717, 1.165) is 6.42 Å². The van der Waals surface area contributed by atoms with E-state index >= 15 is 0 Å². The molecule has 3 unspecified atom stereocenters. The second-order valence-corrected chi connectivity index (χ2v) is 5.40. The summed E-state index contributed by atoms with van der Waals surface area (Å²) in [6.45, 7) is 6.18. The molecule has 0 aromatic carbocycles. The van der Waals surface area contributed by atoms with Crippen molar-refractivity contribution < 1.29 is 19.7 Å². The molecule has 1 aliphatic heterocycles. The normalized spacial score (nSPS) is 31.5. The van der Waals surface area contributed by atoms with Crippen LogP contribution in [0.3, 0.4) is 0 Å². The number of hydrogen-bond donors (Lipinski definition) is 3. The molecule has 1 fully saturated rings. The third kappa shape index (κ3) is 4.26. The second-order valence-electron chi connectivity index (χ2n) is 5.40. The summed E-state index contributed by atoms with van der Waals surface area (Å²) >= 11 is 0. The van der Waals surface area contributed by atoms with E-state index in [4.69, 9.17) is 9.84 Å². The van der Waals surface area contributed by atoms with Crippen molar-refractivity contribution in [3.63, 3.8) is 0 Å². The zero-order chi connectivity index (χ0) is 13.1. The Morgan fingerprint density at radius 3 is 2.71 bits per heavy atom. The second kappa shape index (κ2) is 5.80. The highest BCUT2D eigenvalue weighted by Gasteiger charge is 2.38. The molecule has 5 nitrogen and oxygen atoms in total. The van der Waals surface area contributed by atoms with Crippen LogP contribution < -0.4 is 5.32 Å². The van der Waals surface area contributed by atoms with Crippen molar-refractivity contribution in [2.75, 3.05) is 6.61 Å². The lowest BCUT2D eigenvalue weighted by Crippen LogP contribution is -2.57. The van der Waals surface area contributed by atoms with E-state index in [1.165, 1.54) is 0 Å². The van der Waals surface area contributed by atoms with Crippen molar-refractivity contribution >= 4 is 5.97 Å². The van der Waals surface area contributed by atoms with Crippen molar-refractivity contribution in [2.24, 2.45) is 5.92 Å². The molecule has 17 heavy (non-hydrogen) atoms. The van der Waals surface area contributed by atoms with E-state index in [-0.39, 0.29) is 5.92 Å². The first-order chi connectivity index (χ1) is 7.83. The zero-order valence-corrected chi connectivity index (χ0v) is 10.8. The number of aliphatic hydroxyl groups is 1. The number of carboxylic acid groups (broad SMARTS) is 1. The average molecular weight is 245 g/mol. The Balaban J connectivity index is 2.62. The molecule has 0 amide bonds. The average Bonchev–Trinajstić information content (AvgIpc) is 2.18. The minimum atomic E-state index is -0.997. The highest BCUT2D eigenvalue weighted by Crippen LogP contribution is 2.24. The lowest BCUT2D eigenvalue weighted by atomic mass is 9.94. The van der Waals surface area contributed by atoms with Crippen LogP contribution in [0.4, 0.5) is 0 Å². The molecule has 0 saturated carbocycles. The van der Waals surface area contributed by atoms with E-state index in [9.17, 15) is 9.90 Å². The molecule has 100 valence electrons. The monoisotopic (exact) mass is 245 g/mol. The molecule has 0 bridgehead atoms. The quantitative estimate of drug-likeness (QED) is 0.672. The zero-order valence-electron chi connectivity index (χ0n) is 10.8. The van der Waals surface area contributed by atoms with Gasteiger partial charge in [-0.3, -0.25) is 10.1 Å². The van der Waals surface area contributed by atoms with Gasteiger partial charge in [0.25, 0.3) is 0 Å². The van der Waals surface area contributed by atoms with Crippen molar-refractivity contribution in [2.45, 2.75) is 57.9 Å². The van der Waals surface area contributed by atoms with Crippen LogP contribution in [0.5, 0.6) is 0 Å². The molecule has 1 aliphatic rings. The van der Waals surface area contributed by atoms with E-state index < -0.39 is 23.8 Å². The summed E-state index contributed by atoms with van der Waals surface area (Å²) in [7, 11) is 0. The van der Waals surface area contributed by atoms with Gasteiger partial charge in [0.05, 0.1) is 0 Å².